The van der Waals surface area contributed by atoms with E-state index in [1.165, 1.54) is 19.2 Å². The van der Waals surface area contributed by atoms with E-state index < -0.39 is 17.8 Å². The number of ether oxygens (including phenoxy) is 3. The van der Waals surface area contributed by atoms with Gasteiger partial charge in [-0.1, -0.05) is 30.3 Å². The number of carbonyl (C=O) groups is 2. The van der Waals surface area contributed by atoms with Crippen molar-refractivity contribution < 1.29 is 28.2 Å². The fourth-order valence-electron chi connectivity index (χ4n) is 2.70. The van der Waals surface area contributed by atoms with Gasteiger partial charge < -0.3 is 18.8 Å². The molecular weight excluding hydrogens is 353 g/mol. The number of carbonyl (C=O) groups excluding carboxylic acids is 2. The highest BCUT2D eigenvalue weighted by Gasteiger charge is 2.17. The predicted octanol–water partition coefficient (Wildman–Crippen LogP) is 3.19. The maximum absolute atomic E-state index is 13.4. The number of benzene rings is 2. The number of hydrogen-bond acceptors (Lipinski definition) is 5. The summed E-state index contributed by atoms with van der Waals surface area (Å²) >= 11 is 0. The minimum atomic E-state index is -0.496. The Balaban J connectivity index is 1.59. The summed E-state index contributed by atoms with van der Waals surface area (Å²) in [4.78, 5) is 24.0. The van der Waals surface area contributed by atoms with E-state index in [4.69, 9.17) is 14.2 Å². The summed E-state index contributed by atoms with van der Waals surface area (Å²) in [5.74, 6) is -1.34. The highest BCUT2D eigenvalue weighted by Crippen LogP contribution is 2.22. The molecule has 0 fully saturated rings. The molecule has 0 unspecified atom stereocenters. The summed E-state index contributed by atoms with van der Waals surface area (Å²) < 4.78 is 30.2. The Hall–Kier alpha value is -3.35. The summed E-state index contributed by atoms with van der Waals surface area (Å²) in [5, 5.41) is 0.694. The maximum atomic E-state index is 13.4. The molecule has 6 nitrogen and oxygen atoms in total. The molecule has 1 heterocycles. The average molecular weight is 371 g/mol. The van der Waals surface area contributed by atoms with Gasteiger partial charge in [-0.3, -0.25) is 4.79 Å². The van der Waals surface area contributed by atoms with Gasteiger partial charge in [0.1, 0.15) is 19.8 Å². The Morgan fingerprint density at radius 2 is 1.78 bits per heavy atom. The average Bonchev–Trinajstić information content (AvgIpc) is 3.04. The van der Waals surface area contributed by atoms with E-state index in [0.29, 0.717) is 10.9 Å². The van der Waals surface area contributed by atoms with Crippen LogP contribution in [0.25, 0.3) is 10.9 Å². The zero-order valence-electron chi connectivity index (χ0n) is 14.7. The van der Waals surface area contributed by atoms with Gasteiger partial charge in [-0.05, 0) is 18.2 Å². The molecule has 140 valence electrons. The first-order chi connectivity index (χ1) is 13.1. The fourth-order valence-corrected chi connectivity index (χ4v) is 2.70. The smallest absolute Gasteiger partial charge is 0.340 e. The van der Waals surface area contributed by atoms with Crippen LogP contribution in [0.2, 0.25) is 0 Å². The van der Waals surface area contributed by atoms with Gasteiger partial charge in [-0.25, -0.2) is 9.18 Å². The summed E-state index contributed by atoms with van der Waals surface area (Å²) in [6.07, 6.45) is 1.56. The van der Waals surface area contributed by atoms with Crippen LogP contribution in [-0.2, 0) is 20.8 Å². The van der Waals surface area contributed by atoms with Crippen molar-refractivity contribution in [3.8, 4) is 5.75 Å². The number of halogens is 1. The summed E-state index contributed by atoms with van der Waals surface area (Å²) in [7, 11) is 1.30. The number of hydrogen-bond donors (Lipinski definition) is 0. The third-order valence-corrected chi connectivity index (χ3v) is 3.93. The van der Waals surface area contributed by atoms with Gasteiger partial charge in [0.05, 0.1) is 12.7 Å². The van der Waals surface area contributed by atoms with Crippen molar-refractivity contribution in [2.45, 2.75) is 6.54 Å². The first kappa shape index (κ1) is 18.4. The SMILES string of the molecule is COC(=O)c1cn(CC(=O)OCCOc2ccccc2F)c2ccccc12. The normalized spacial score (nSPS) is 10.6. The standard InChI is InChI=1S/C20H18FNO5/c1-25-20(24)15-12-22(17-8-4-2-6-14(15)17)13-19(23)27-11-10-26-18-9-5-3-7-16(18)21/h2-9,12H,10-11,13H2,1H3. The van der Waals surface area contributed by atoms with Crippen LogP contribution in [0.4, 0.5) is 4.39 Å². The second kappa shape index (κ2) is 8.35. The molecule has 3 rings (SSSR count). The van der Waals surface area contributed by atoms with Gasteiger partial charge in [0.15, 0.2) is 11.6 Å². The van der Waals surface area contributed by atoms with Crippen molar-refractivity contribution in [3.63, 3.8) is 0 Å². The van der Waals surface area contributed by atoms with E-state index in [1.54, 1.807) is 41.1 Å². The Morgan fingerprint density at radius 3 is 2.56 bits per heavy atom. The molecule has 0 aliphatic rings. The third-order valence-electron chi connectivity index (χ3n) is 3.93. The number of rotatable bonds is 7. The molecule has 3 aromatic rings. The van der Waals surface area contributed by atoms with Gasteiger partial charge in [0.2, 0.25) is 0 Å². The minimum absolute atomic E-state index is 0.0176. The third kappa shape index (κ3) is 4.25. The lowest BCUT2D eigenvalue weighted by atomic mass is 10.2. The predicted molar refractivity (Wildman–Crippen MR) is 96.1 cm³/mol. The minimum Gasteiger partial charge on any atom is -0.487 e. The van der Waals surface area contributed by atoms with Crippen molar-refractivity contribution in [3.05, 3.63) is 66.1 Å². The molecule has 0 spiro atoms. The van der Waals surface area contributed by atoms with Gasteiger partial charge >= 0.3 is 11.9 Å². The van der Waals surface area contributed by atoms with Crippen molar-refractivity contribution in [1.29, 1.82) is 0 Å². The number of fused-ring (bicyclic) bond motifs is 1. The lowest BCUT2D eigenvalue weighted by Crippen LogP contribution is -2.17. The Kier molecular flexibility index (Phi) is 5.71. The molecule has 0 saturated carbocycles. The molecule has 7 heteroatoms. The molecule has 0 amide bonds. The number of aromatic nitrogens is 1. The quantitative estimate of drug-likeness (QED) is 0.471. The summed E-state index contributed by atoms with van der Waals surface area (Å²) in [5.41, 5.74) is 1.10. The Labute approximate surface area is 155 Å². The second-order valence-corrected chi connectivity index (χ2v) is 5.68. The van der Waals surface area contributed by atoms with E-state index in [-0.39, 0.29) is 25.5 Å². The van der Waals surface area contributed by atoms with Crippen LogP contribution in [0, 0.1) is 5.82 Å². The van der Waals surface area contributed by atoms with Gasteiger partial charge in [0.25, 0.3) is 0 Å². The molecule has 0 aliphatic heterocycles. The van der Waals surface area contributed by atoms with Gasteiger partial charge in [0, 0.05) is 17.1 Å². The molecule has 0 aliphatic carbocycles. The number of nitrogens with zero attached hydrogens (tertiary/aromatic N) is 1. The molecule has 0 radical (unpaired) electrons. The summed E-state index contributed by atoms with van der Waals surface area (Å²) in [6.45, 7) is -0.0556. The Morgan fingerprint density at radius 1 is 1.04 bits per heavy atom. The van der Waals surface area contributed by atoms with Crippen molar-refractivity contribution in [2.75, 3.05) is 20.3 Å². The lowest BCUT2D eigenvalue weighted by Gasteiger charge is -2.09. The van der Waals surface area contributed by atoms with Gasteiger partial charge in [-0.2, -0.15) is 0 Å². The van der Waals surface area contributed by atoms with Crippen LogP contribution in [-0.4, -0.2) is 36.8 Å². The largest absolute Gasteiger partial charge is 0.487 e. The van der Waals surface area contributed by atoms with E-state index in [0.717, 1.165) is 5.52 Å². The molecule has 27 heavy (non-hydrogen) atoms. The maximum Gasteiger partial charge on any atom is 0.340 e. The van der Waals surface area contributed by atoms with E-state index in [9.17, 15) is 14.0 Å². The molecule has 0 saturated heterocycles. The molecule has 1 aromatic heterocycles. The van der Waals surface area contributed by atoms with Crippen molar-refractivity contribution in [2.24, 2.45) is 0 Å². The molecule has 0 bridgehead atoms. The molecule has 0 atom stereocenters. The van der Waals surface area contributed by atoms with Crippen LogP contribution in [0.5, 0.6) is 5.75 Å². The lowest BCUT2D eigenvalue weighted by molar-refractivity contribution is -0.145. The molecule has 2 aromatic carbocycles. The van der Waals surface area contributed by atoms with E-state index >= 15 is 0 Å². The molecule has 0 N–H and O–H groups in total. The first-order valence-electron chi connectivity index (χ1n) is 8.29. The zero-order chi connectivity index (χ0) is 19.2. The van der Waals surface area contributed by atoms with Crippen LogP contribution < -0.4 is 4.74 Å². The van der Waals surface area contributed by atoms with Crippen LogP contribution in [0.15, 0.2) is 54.7 Å². The monoisotopic (exact) mass is 371 g/mol. The number of esters is 2. The van der Waals surface area contributed by atoms with E-state index in [2.05, 4.69) is 0 Å². The topological polar surface area (TPSA) is 66.8 Å². The van der Waals surface area contributed by atoms with Crippen LogP contribution in [0.1, 0.15) is 10.4 Å². The Bertz CT molecular complexity index is 966. The van der Waals surface area contributed by atoms with Gasteiger partial charge in [-0.15, -0.1) is 0 Å². The second-order valence-electron chi connectivity index (χ2n) is 5.68. The fraction of sp³-hybridized carbons (Fsp3) is 0.200. The van der Waals surface area contributed by atoms with Crippen LogP contribution in [0.3, 0.4) is 0 Å². The first-order valence-corrected chi connectivity index (χ1v) is 8.29. The highest BCUT2D eigenvalue weighted by atomic mass is 19.1. The number of para-hydroxylation sites is 2. The number of methoxy groups -OCH3 is 1. The van der Waals surface area contributed by atoms with E-state index in [1.807, 2.05) is 6.07 Å². The highest BCUT2D eigenvalue weighted by molar-refractivity contribution is 6.04. The van der Waals surface area contributed by atoms with Crippen molar-refractivity contribution in [1.82, 2.24) is 4.57 Å². The zero-order valence-corrected chi connectivity index (χ0v) is 14.7. The van der Waals surface area contributed by atoms with Crippen LogP contribution >= 0.6 is 0 Å². The summed E-state index contributed by atoms with van der Waals surface area (Å²) in [6, 6.07) is 13.2. The molecular formula is C20H18FNO5. The van der Waals surface area contributed by atoms with Crippen molar-refractivity contribution >= 4 is 22.8 Å².